The van der Waals surface area contributed by atoms with Gasteiger partial charge in [0.25, 0.3) is 5.91 Å². The number of aliphatic hydroxyl groups excluding tert-OH is 1. The van der Waals surface area contributed by atoms with Gasteiger partial charge in [-0.1, -0.05) is 24.6 Å². The molecule has 6 heteroatoms. The highest BCUT2D eigenvalue weighted by Gasteiger charge is 2.14. The van der Waals surface area contributed by atoms with Crippen molar-refractivity contribution in [2.75, 3.05) is 6.61 Å². The minimum Gasteiger partial charge on any atom is -0.396 e. The summed E-state index contributed by atoms with van der Waals surface area (Å²) in [7, 11) is 0. The minimum atomic E-state index is -0.191. The lowest BCUT2D eigenvalue weighted by molar-refractivity contribution is 0.0929. The van der Waals surface area contributed by atoms with E-state index >= 15 is 0 Å². The highest BCUT2D eigenvalue weighted by molar-refractivity contribution is 6.30. The quantitative estimate of drug-likeness (QED) is 0.861. The fourth-order valence-corrected chi connectivity index (χ4v) is 2.19. The first-order chi connectivity index (χ1) is 10.1. The van der Waals surface area contributed by atoms with Crippen molar-refractivity contribution < 1.29 is 9.90 Å². The summed E-state index contributed by atoms with van der Waals surface area (Å²) >= 11 is 5.94. The molecule has 2 N–H and O–H groups in total. The SMILES string of the molecule is CCC(CCO)NC(=O)c1cnn(-c2cccc(Cl)c2)c1. The molecule has 21 heavy (non-hydrogen) atoms. The molecule has 112 valence electrons. The van der Waals surface area contributed by atoms with E-state index in [0.29, 0.717) is 17.0 Å². The lowest BCUT2D eigenvalue weighted by atomic mass is 10.1. The molecule has 0 spiro atoms. The van der Waals surface area contributed by atoms with E-state index < -0.39 is 0 Å². The maximum absolute atomic E-state index is 12.1. The van der Waals surface area contributed by atoms with Crippen LogP contribution in [0.2, 0.25) is 5.02 Å². The number of benzene rings is 1. The summed E-state index contributed by atoms with van der Waals surface area (Å²) in [4.78, 5) is 12.1. The number of aromatic nitrogens is 2. The summed E-state index contributed by atoms with van der Waals surface area (Å²) in [6.45, 7) is 2.02. The number of amides is 1. The largest absolute Gasteiger partial charge is 0.396 e. The van der Waals surface area contributed by atoms with Crippen molar-refractivity contribution in [3.05, 3.63) is 47.2 Å². The van der Waals surface area contributed by atoms with Crippen LogP contribution in [0.25, 0.3) is 5.69 Å². The molecule has 1 aromatic carbocycles. The average Bonchev–Trinajstić information content (AvgIpc) is 2.96. The maximum Gasteiger partial charge on any atom is 0.254 e. The van der Waals surface area contributed by atoms with Crippen LogP contribution < -0.4 is 5.32 Å². The summed E-state index contributed by atoms with van der Waals surface area (Å²) in [6.07, 6.45) is 4.49. The number of rotatable bonds is 6. The second-order valence-corrected chi connectivity index (χ2v) is 5.18. The summed E-state index contributed by atoms with van der Waals surface area (Å²) in [5.74, 6) is -0.191. The first-order valence-corrected chi connectivity index (χ1v) is 7.24. The summed E-state index contributed by atoms with van der Waals surface area (Å²) in [6, 6.07) is 7.21. The summed E-state index contributed by atoms with van der Waals surface area (Å²) < 4.78 is 1.60. The molecule has 0 saturated carbocycles. The molecule has 1 amide bonds. The summed E-state index contributed by atoms with van der Waals surface area (Å²) in [5, 5.41) is 16.6. The molecule has 1 heterocycles. The molecule has 0 aliphatic rings. The van der Waals surface area contributed by atoms with Crippen LogP contribution in [-0.4, -0.2) is 33.4 Å². The Labute approximate surface area is 128 Å². The topological polar surface area (TPSA) is 67.2 Å². The molecule has 5 nitrogen and oxygen atoms in total. The molecule has 0 saturated heterocycles. The average molecular weight is 308 g/mol. The number of halogens is 1. The molecule has 1 atom stereocenters. The lowest BCUT2D eigenvalue weighted by Gasteiger charge is -2.14. The van der Waals surface area contributed by atoms with Crippen molar-refractivity contribution >= 4 is 17.5 Å². The normalized spacial score (nSPS) is 12.1. The van der Waals surface area contributed by atoms with Crippen LogP contribution in [0, 0.1) is 0 Å². The Bertz CT molecular complexity index is 612. The van der Waals surface area contributed by atoms with E-state index in [0.717, 1.165) is 12.1 Å². The minimum absolute atomic E-state index is 0.0305. The van der Waals surface area contributed by atoms with Gasteiger partial charge in [0.15, 0.2) is 0 Å². The molecule has 2 aromatic rings. The third-order valence-electron chi connectivity index (χ3n) is 3.22. The maximum atomic E-state index is 12.1. The van der Waals surface area contributed by atoms with Gasteiger partial charge in [0.1, 0.15) is 0 Å². The number of aliphatic hydroxyl groups is 1. The van der Waals surface area contributed by atoms with Gasteiger partial charge in [-0.15, -0.1) is 0 Å². The number of hydrogen-bond donors (Lipinski definition) is 2. The second-order valence-electron chi connectivity index (χ2n) is 4.74. The van der Waals surface area contributed by atoms with E-state index in [2.05, 4.69) is 10.4 Å². The molecule has 0 aliphatic heterocycles. The summed E-state index contributed by atoms with van der Waals surface area (Å²) in [5.41, 5.74) is 1.27. The molecule has 0 bridgehead atoms. The van der Waals surface area contributed by atoms with Crippen molar-refractivity contribution in [3.63, 3.8) is 0 Å². The van der Waals surface area contributed by atoms with Gasteiger partial charge < -0.3 is 10.4 Å². The van der Waals surface area contributed by atoms with Gasteiger partial charge in [-0.05, 0) is 31.0 Å². The number of nitrogens with one attached hydrogen (secondary N) is 1. The fourth-order valence-electron chi connectivity index (χ4n) is 2.00. The predicted octanol–water partition coefficient (Wildman–Crippen LogP) is 2.42. The Morgan fingerprint density at radius 3 is 3.00 bits per heavy atom. The zero-order chi connectivity index (χ0) is 15.2. The van der Waals surface area contributed by atoms with Crippen molar-refractivity contribution in [2.45, 2.75) is 25.8 Å². The van der Waals surface area contributed by atoms with E-state index in [1.54, 1.807) is 23.0 Å². The molecular formula is C15H18ClN3O2. The van der Waals surface area contributed by atoms with E-state index in [9.17, 15) is 4.79 Å². The first-order valence-electron chi connectivity index (χ1n) is 6.86. The van der Waals surface area contributed by atoms with Crippen molar-refractivity contribution in [1.82, 2.24) is 15.1 Å². The number of hydrogen-bond acceptors (Lipinski definition) is 3. The van der Waals surface area contributed by atoms with Gasteiger partial charge in [-0.25, -0.2) is 4.68 Å². The number of carbonyl (C=O) groups is 1. The van der Waals surface area contributed by atoms with Crippen molar-refractivity contribution in [1.29, 1.82) is 0 Å². The van der Waals surface area contributed by atoms with E-state index in [4.69, 9.17) is 16.7 Å². The molecule has 0 radical (unpaired) electrons. The molecule has 0 aliphatic carbocycles. The standard InChI is InChI=1S/C15H18ClN3O2/c1-2-13(6-7-20)18-15(21)11-9-17-19(10-11)14-5-3-4-12(16)8-14/h3-5,8-10,13,20H,2,6-7H2,1H3,(H,18,21). The number of carbonyl (C=O) groups excluding carboxylic acids is 1. The van der Waals surface area contributed by atoms with Crippen molar-refractivity contribution in [2.24, 2.45) is 0 Å². The Balaban J connectivity index is 2.10. The second kappa shape index (κ2) is 7.24. The number of nitrogens with zero attached hydrogens (tertiary/aromatic N) is 2. The third kappa shape index (κ3) is 4.06. The van der Waals surface area contributed by atoms with Gasteiger partial charge in [0, 0.05) is 23.9 Å². The van der Waals surface area contributed by atoms with Crippen LogP contribution in [0.3, 0.4) is 0 Å². The Hall–Kier alpha value is -1.85. The molecular weight excluding hydrogens is 290 g/mol. The van der Waals surface area contributed by atoms with E-state index in [1.165, 1.54) is 6.20 Å². The van der Waals surface area contributed by atoms with E-state index in [1.807, 2.05) is 19.1 Å². The highest BCUT2D eigenvalue weighted by Crippen LogP contribution is 2.14. The van der Waals surface area contributed by atoms with Crippen LogP contribution in [0.4, 0.5) is 0 Å². The molecule has 2 rings (SSSR count). The van der Waals surface area contributed by atoms with Crippen LogP contribution >= 0.6 is 11.6 Å². The van der Waals surface area contributed by atoms with Gasteiger partial charge in [0.2, 0.25) is 0 Å². The van der Waals surface area contributed by atoms with Gasteiger partial charge >= 0.3 is 0 Å². The zero-order valence-corrected chi connectivity index (χ0v) is 12.5. The van der Waals surface area contributed by atoms with Gasteiger partial charge in [0.05, 0.1) is 17.4 Å². The molecule has 0 fully saturated rings. The van der Waals surface area contributed by atoms with Gasteiger partial charge in [-0.3, -0.25) is 4.79 Å². The monoisotopic (exact) mass is 307 g/mol. The fraction of sp³-hybridized carbons (Fsp3) is 0.333. The van der Waals surface area contributed by atoms with Crippen molar-refractivity contribution in [3.8, 4) is 5.69 Å². The Morgan fingerprint density at radius 2 is 2.33 bits per heavy atom. The van der Waals surface area contributed by atoms with Crippen LogP contribution in [0.5, 0.6) is 0 Å². The zero-order valence-electron chi connectivity index (χ0n) is 11.8. The Morgan fingerprint density at radius 1 is 1.52 bits per heavy atom. The highest BCUT2D eigenvalue weighted by atomic mass is 35.5. The molecule has 1 aromatic heterocycles. The lowest BCUT2D eigenvalue weighted by Crippen LogP contribution is -2.34. The third-order valence-corrected chi connectivity index (χ3v) is 3.46. The van der Waals surface area contributed by atoms with Crippen LogP contribution in [-0.2, 0) is 0 Å². The smallest absolute Gasteiger partial charge is 0.254 e. The van der Waals surface area contributed by atoms with Crippen LogP contribution in [0.1, 0.15) is 30.1 Å². The Kier molecular flexibility index (Phi) is 5.36. The van der Waals surface area contributed by atoms with Crippen LogP contribution in [0.15, 0.2) is 36.7 Å². The predicted molar refractivity (Wildman–Crippen MR) is 81.8 cm³/mol. The first kappa shape index (κ1) is 15.5. The molecule has 1 unspecified atom stereocenters. The van der Waals surface area contributed by atoms with Gasteiger partial charge in [-0.2, -0.15) is 5.10 Å². The van der Waals surface area contributed by atoms with E-state index in [-0.39, 0.29) is 18.6 Å².